The van der Waals surface area contributed by atoms with Crippen molar-refractivity contribution in [2.75, 3.05) is 36.1 Å². The molecular weight excluding hydrogens is 225 g/mol. The highest BCUT2D eigenvalue weighted by Crippen LogP contribution is 2.54. The zero-order chi connectivity index (χ0) is 8.74. The molecule has 0 radical (unpaired) electrons. The first-order valence-electron chi connectivity index (χ1n) is 3.45. The summed E-state index contributed by atoms with van der Waals surface area (Å²) in [6.07, 6.45) is 2.02. The van der Waals surface area contributed by atoms with E-state index in [1.165, 1.54) is 0 Å². The highest BCUT2D eigenvalue weighted by molar-refractivity contribution is 7.70. The predicted octanol–water partition coefficient (Wildman–Crippen LogP) is 2.63. The van der Waals surface area contributed by atoms with E-state index in [0.29, 0.717) is 36.1 Å². The summed E-state index contributed by atoms with van der Waals surface area (Å²) >= 11 is 16.6. The standard InChI is InChI=1S/C6H13Cl3OP/c7-1-4-11(10,5-2-8)6-3-9/h10H,1-6H2/q+1. The van der Waals surface area contributed by atoms with Gasteiger partial charge in [-0.1, -0.05) is 0 Å². The molecule has 0 aliphatic carbocycles. The largest absolute Gasteiger partial charge is 0.252 e. The number of rotatable bonds is 6. The maximum Gasteiger partial charge on any atom is 0.145 e. The summed E-state index contributed by atoms with van der Waals surface area (Å²) in [5.74, 6) is 1.49. The third kappa shape index (κ3) is 5.49. The molecule has 0 aromatic carbocycles. The second-order valence-electron chi connectivity index (χ2n) is 2.33. The van der Waals surface area contributed by atoms with Crippen LogP contribution in [-0.2, 0) is 0 Å². The molecule has 1 N–H and O–H groups in total. The van der Waals surface area contributed by atoms with Crippen LogP contribution in [0.4, 0.5) is 0 Å². The van der Waals surface area contributed by atoms with E-state index in [2.05, 4.69) is 0 Å². The fourth-order valence-corrected chi connectivity index (χ4v) is 5.25. The van der Waals surface area contributed by atoms with E-state index in [1.54, 1.807) is 0 Å². The van der Waals surface area contributed by atoms with E-state index in [0.717, 1.165) is 0 Å². The first-order valence-corrected chi connectivity index (χ1v) is 7.35. The molecule has 68 valence electrons. The van der Waals surface area contributed by atoms with Gasteiger partial charge in [0.1, 0.15) is 7.49 Å². The Morgan fingerprint density at radius 1 is 0.818 bits per heavy atom. The van der Waals surface area contributed by atoms with Crippen molar-refractivity contribution in [1.29, 1.82) is 0 Å². The first kappa shape index (κ1) is 12.3. The molecule has 1 nitrogen and oxygen atoms in total. The second kappa shape index (κ2) is 6.74. The lowest BCUT2D eigenvalue weighted by atomic mass is 10.9. The molecule has 0 unspecified atom stereocenters. The maximum absolute atomic E-state index is 9.87. The lowest BCUT2D eigenvalue weighted by molar-refractivity contribution is 0.602. The smallest absolute Gasteiger partial charge is 0.145 e. The number of hydrogen-bond donors (Lipinski definition) is 1. The molecule has 0 spiro atoms. The van der Waals surface area contributed by atoms with Crippen LogP contribution >= 0.6 is 42.3 Å². The predicted molar refractivity (Wildman–Crippen MR) is 55.9 cm³/mol. The SMILES string of the molecule is O[P+](CCCl)(CCCl)CCCl. The van der Waals surface area contributed by atoms with Crippen LogP contribution in [0.2, 0.25) is 0 Å². The van der Waals surface area contributed by atoms with Crippen LogP contribution in [0.25, 0.3) is 0 Å². The summed E-state index contributed by atoms with van der Waals surface area (Å²) in [6, 6.07) is 0. The van der Waals surface area contributed by atoms with Crippen LogP contribution < -0.4 is 0 Å². The molecular formula is C6H13Cl3OP+. The number of halogens is 3. The van der Waals surface area contributed by atoms with Gasteiger partial charge in [-0.05, 0) is 0 Å². The van der Waals surface area contributed by atoms with Crippen molar-refractivity contribution in [2.45, 2.75) is 0 Å². The van der Waals surface area contributed by atoms with Gasteiger partial charge in [0.05, 0.1) is 36.1 Å². The van der Waals surface area contributed by atoms with E-state index >= 15 is 0 Å². The molecule has 0 saturated carbocycles. The molecule has 0 aliphatic rings. The van der Waals surface area contributed by atoms with Crippen LogP contribution in [0.5, 0.6) is 0 Å². The normalized spacial score (nSPS) is 12.0. The van der Waals surface area contributed by atoms with Crippen LogP contribution in [0.3, 0.4) is 0 Å². The summed E-state index contributed by atoms with van der Waals surface area (Å²) in [6.45, 7) is 0. The summed E-state index contributed by atoms with van der Waals surface area (Å²) in [5.41, 5.74) is 0. The Morgan fingerprint density at radius 2 is 1.09 bits per heavy atom. The molecule has 0 aromatic heterocycles. The summed E-state index contributed by atoms with van der Waals surface area (Å²) in [5, 5.41) is 0. The molecule has 0 aliphatic heterocycles. The molecule has 0 rings (SSSR count). The lowest BCUT2D eigenvalue weighted by Crippen LogP contribution is -2.10. The maximum atomic E-state index is 9.87. The van der Waals surface area contributed by atoms with Crippen molar-refractivity contribution >= 4 is 42.3 Å². The average Bonchev–Trinajstić information content (AvgIpc) is 1.88. The number of hydrogen-bond acceptors (Lipinski definition) is 1. The Bertz CT molecular complexity index is 84.8. The zero-order valence-corrected chi connectivity index (χ0v) is 9.43. The van der Waals surface area contributed by atoms with Crippen LogP contribution in [-0.4, -0.2) is 41.0 Å². The fourth-order valence-electron chi connectivity index (χ4n) is 0.807. The topological polar surface area (TPSA) is 20.2 Å². The van der Waals surface area contributed by atoms with Crippen molar-refractivity contribution in [3.05, 3.63) is 0 Å². The molecule has 0 amide bonds. The van der Waals surface area contributed by atoms with Crippen molar-refractivity contribution in [3.63, 3.8) is 0 Å². The van der Waals surface area contributed by atoms with Gasteiger partial charge in [-0.15, -0.1) is 34.8 Å². The van der Waals surface area contributed by atoms with E-state index in [1.807, 2.05) is 0 Å². The Labute approximate surface area is 83.4 Å². The summed E-state index contributed by atoms with van der Waals surface area (Å²) < 4.78 is 0. The van der Waals surface area contributed by atoms with Gasteiger partial charge in [0.2, 0.25) is 0 Å². The van der Waals surface area contributed by atoms with Gasteiger partial charge >= 0.3 is 0 Å². The lowest BCUT2D eigenvalue weighted by Gasteiger charge is -2.16. The van der Waals surface area contributed by atoms with Gasteiger partial charge in [-0.2, -0.15) is 0 Å². The molecule has 0 bridgehead atoms. The first-order chi connectivity index (χ1) is 5.18. The fraction of sp³-hybridized carbons (Fsp3) is 1.00. The Kier molecular flexibility index (Phi) is 7.51. The van der Waals surface area contributed by atoms with Crippen LogP contribution in [0.1, 0.15) is 0 Å². The zero-order valence-electron chi connectivity index (χ0n) is 6.27. The van der Waals surface area contributed by atoms with E-state index in [4.69, 9.17) is 34.8 Å². The van der Waals surface area contributed by atoms with Crippen molar-refractivity contribution in [2.24, 2.45) is 0 Å². The Morgan fingerprint density at radius 3 is 1.27 bits per heavy atom. The molecule has 5 heteroatoms. The van der Waals surface area contributed by atoms with Gasteiger partial charge in [0.15, 0.2) is 0 Å². The van der Waals surface area contributed by atoms with Crippen LogP contribution in [0, 0.1) is 0 Å². The van der Waals surface area contributed by atoms with Gasteiger partial charge in [-0.3, -0.25) is 4.89 Å². The average molecular weight is 239 g/mol. The molecule has 0 aromatic rings. The molecule has 11 heavy (non-hydrogen) atoms. The monoisotopic (exact) mass is 237 g/mol. The molecule has 0 saturated heterocycles. The Hall–Kier alpha value is 1.26. The minimum atomic E-state index is -1.87. The second-order valence-corrected chi connectivity index (χ2v) is 7.00. The molecule has 0 atom stereocenters. The van der Waals surface area contributed by atoms with Gasteiger partial charge in [0.25, 0.3) is 0 Å². The van der Waals surface area contributed by atoms with Gasteiger partial charge in [-0.25, -0.2) is 0 Å². The highest BCUT2D eigenvalue weighted by Gasteiger charge is 2.32. The van der Waals surface area contributed by atoms with Crippen molar-refractivity contribution < 1.29 is 4.89 Å². The minimum Gasteiger partial charge on any atom is -0.252 e. The van der Waals surface area contributed by atoms with Crippen molar-refractivity contribution in [1.82, 2.24) is 0 Å². The van der Waals surface area contributed by atoms with E-state index in [-0.39, 0.29) is 0 Å². The van der Waals surface area contributed by atoms with Crippen molar-refractivity contribution in [3.8, 4) is 0 Å². The Balaban J connectivity index is 3.79. The highest BCUT2D eigenvalue weighted by atomic mass is 35.5. The molecule has 0 heterocycles. The quantitative estimate of drug-likeness (QED) is 0.557. The van der Waals surface area contributed by atoms with Gasteiger partial charge < -0.3 is 0 Å². The third-order valence-electron chi connectivity index (χ3n) is 1.50. The third-order valence-corrected chi connectivity index (χ3v) is 6.03. The van der Waals surface area contributed by atoms with E-state index in [9.17, 15) is 4.89 Å². The van der Waals surface area contributed by atoms with Gasteiger partial charge in [0, 0.05) is 0 Å². The summed E-state index contributed by atoms with van der Waals surface area (Å²) in [7, 11) is -1.87. The minimum absolute atomic E-state index is 0.498. The molecule has 0 fully saturated rings. The summed E-state index contributed by atoms with van der Waals surface area (Å²) in [4.78, 5) is 9.87. The number of alkyl halides is 3. The van der Waals surface area contributed by atoms with Crippen LogP contribution in [0.15, 0.2) is 0 Å². The van der Waals surface area contributed by atoms with E-state index < -0.39 is 7.49 Å².